The Morgan fingerprint density at radius 2 is 1.75 bits per heavy atom. The Bertz CT molecular complexity index is 99.4. The predicted octanol–water partition coefficient (Wildman–Crippen LogP) is -0.0240. The average Bonchev–Trinajstić information content (AvgIpc) is 2.10. The molecule has 72 valence electrons. The van der Waals surface area contributed by atoms with E-state index in [1.165, 1.54) is 0 Å². The van der Waals surface area contributed by atoms with Gasteiger partial charge in [0.2, 0.25) is 0 Å². The fourth-order valence-electron chi connectivity index (χ4n) is 0.852. The van der Waals surface area contributed by atoms with Gasteiger partial charge in [0.15, 0.2) is 0 Å². The number of rotatable bonds is 9. The first-order valence-corrected chi connectivity index (χ1v) is 4.38. The maximum Gasteiger partial charge on any atom is 0.0496 e. The minimum Gasteiger partial charge on any atom is -0.330 e. The molecule has 0 unspecified atom stereocenters. The molecule has 0 aliphatic heterocycles. The van der Waals surface area contributed by atoms with Crippen molar-refractivity contribution >= 4 is 0 Å². The molecule has 5 nitrogen and oxygen atoms in total. The van der Waals surface area contributed by atoms with E-state index in [1.54, 1.807) is 0 Å². The molecule has 0 saturated carbocycles. The van der Waals surface area contributed by atoms with Crippen molar-refractivity contribution in [1.29, 1.82) is 0 Å². The molecule has 0 spiro atoms. The second-order valence-corrected chi connectivity index (χ2v) is 2.60. The molecule has 4 N–H and O–H groups in total. The van der Waals surface area contributed by atoms with Crippen LogP contribution in [0.3, 0.4) is 0 Å². The highest BCUT2D eigenvalue weighted by Gasteiger charge is 1.88. The Kier molecular flexibility index (Phi) is 9.74. The van der Waals surface area contributed by atoms with Crippen LogP contribution in [0.5, 0.6) is 0 Å². The van der Waals surface area contributed by atoms with Gasteiger partial charge in [-0.15, -0.1) is 4.91 Å². The summed E-state index contributed by atoms with van der Waals surface area (Å²) in [7, 11) is 0. The van der Waals surface area contributed by atoms with Crippen LogP contribution in [0.4, 0.5) is 0 Å². The largest absolute Gasteiger partial charge is 0.330 e. The lowest BCUT2D eigenvalue weighted by Gasteiger charge is -2.02. The Balaban J connectivity index is 2.77. The number of hydrogen-bond acceptors (Lipinski definition) is 4. The summed E-state index contributed by atoms with van der Waals surface area (Å²) in [6, 6.07) is 0. The van der Waals surface area contributed by atoms with Crippen LogP contribution >= 0.6 is 0 Å². The van der Waals surface area contributed by atoms with Crippen LogP contribution < -0.4 is 16.5 Å². The van der Waals surface area contributed by atoms with Gasteiger partial charge in [-0.3, -0.25) is 5.43 Å². The second kappa shape index (κ2) is 10.3. The lowest BCUT2D eigenvalue weighted by atomic mass is 10.3. The molecular weight excluding hydrogens is 156 g/mol. The number of nitroso groups, excluding NO2 is 1. The normalized spacial score (nSPS) is 9.75. The van der Waals surface area contributed by atoms with E-state index in [1.807, 2.05) is 0 Å². The highest BCUT2D eigenvalue weighted by molar-refractivity contribution is 4.50. The first-order valence-electron chi connectivity index (χ1n) is 4.38. The van der Waals surface area contributed by atoms with Crippen molar-refractivity contribution in [3.05, 3.63) is 4.91 Å². The molecule has 0 saturated heterocycles. The van der Waals surface area contributed by atoms with E-state index in [-0.39, 0.29) is 0 Å². The Labute approximate surface area is 73.0 Å². The molecule has 0 aromatic rings. The number of nitrogens with two attached hydrogens (primary N) is 1. The summed E-state index contributed by atoms with van der Waals surface area (Å²) < 4.78 is 0. The van der Waals surface area contributed by atoms with Crippen LogP contribution in [0.1, 0.15) is 19.3 Å². The van der Waals surface area contributed by atoms with Crippen LogP contribution in [-0.4, -0.2) is 26.2 Å². The summed E-state index contributed by atoms with van der Waals surface area (Å²) >= 11 is 0. The summed E-state index contributed by atoms with van der Waals surface area (Å²) in [5, 5.41) is 5.79. The summed E-state index contributed by atoms with van der Waals surface area (Å²) in [6.07, 6.45) is 3.06. The minimum atomic E-state index is 0.669. The van der Waals surface area contributed by atoms with Gasteiger partial charge in [0.05, 0.1) is 0 Å². The maximum atomic E-state index is 9.59. The van der Waals surface area contributed by atoms with E-state index in [9.17, 15) is 4.91 Å². The van der Waals surface area contributed by atoms with E-state index < -0.39 is 0 Å². The molecule has 5 heteroatoms. The third-order valence-corrected chi connectivity index (χ3v) is 1.51. The Morgan fingerprint density at radius 3 is 2.42 bits per heavy atom. The standard InChI is InChI=1S/C7H18N4O/c8-4-3-6-9-5-1-2-7-10-11-12/h9H,1-8H2,(H,10,12). The molecule has 0 radical (unpaired) electrons. The van der Waals surface area contributed by atoms with Crippen molar-refractivity contribution in [3.8, 4) is 0 Å². The van der Waals surface area contributed by atoms with Gasteiger partial charge in [-0.2, -0.15) is 0 Å². The lowest BCUT2D eigenvalue weighted by Crippen LogP contribution is -2.20. The van der Waals surface area contributed by atoms with Crippen LogP contribution in [0, 0.1) is 4.91 Å². The predicted molar refractivity (Wildman–Crippen MR) is 49.6 cm³/mol. The number of hydrogen-bond donors (Lipinski definition) is 3. The molecule has 0 aliphatic carbocycles. The molecular formula is C7H18N4O. The fourth-order valence-corrected chi connectivity index (χ4v) is 0.852. The van der Waals surface area contributed by atoms with Crippen molar-refractivity contribution in [3.63, 3.8) is 0 Å². The van der Waals surface area contributed by atoms with Gasteiger partial charge in [-0.1, -0.05) is 0 Å². The van der Waals surface area contributed by atoms with E-state index in [0.29, 0.717) is 6.54 Å². The topological polar surface area (TPSA) is 79.5 Å². The molecule has 0 aliphatic rings. The summed E-state index contributed by atoms with van der Waals surface area (Å²) in [6.45, 7) is 3.38. The molecule has 0 amide bonds. The summed E-state index contributed by atoms with van der Waals surface area (Å²) in [5.41, 5.74) is 7.68. The molecule has 0 bridgehead atoms. The average molecular weight is 174 g/mol. The van der Waals surface area contributed by atoms with Gasteiger partial charge in [0.25, 0.3) is 0 Å². The molecule has 0 aromatic heterocycles. The van der Waals surface area contributed by atoms with Crippen LogP contribution in [-0.2, 0) is 0 Å². The molecule has 12 heavy (non-hydrogen) atoms. The van der Waals surface area contributed by atoms with Crippen molar-refractivity contribution in [2.45, 2.75) is 19.3 Å². The van der Waals surface area contributed by atoms with Gasteiger partial charge in [-0.05, 0) is 38.9 Å². The first kappa shape index (κ1) is 11.3. The van der Waals surface area contributed by atoms with Gasteiger partial charge >= 0.3 is 0 Å². The van der Waals surface area contributed by atoms with Crippen LogP contribution in [0.25, 0.3) is 0 Å². The molecule has 0 aromatic carbocycles. The minimum absolute atomic E-state index is 0.669. The van der Waals surface area contributed by atoms with Gasteiger partial charge in [-0.25, -0.2) is 0 Å². The Morgan fingerprint density at radius 1 is 1.08 bits per heavy atom. The van der Waals surface area contributed by atoms with E-state index >= 15 is 0 Å². The van der Waals surface area contributed by atoms with Crippen molar-refractivity contribution in [1.82, 2.24) is 10.7 Å². The van der Waals surface area contributed by atoms with Crippen molar-refractivity contribution in [2.24, 2.45) is 11.0 Å². The van der Waals surface area contributed by atoms with E-state index in [2.05, 4.69) is 16.0 Å². The Hall–Kier alpha value is -0.680. The smallest absolute Gasteiger partial charge is 0.0496 e. The third-order valence-electron chi connectivity index (χ3n) is 1.51. The van der Waals surface area contributed by atoms with E-state index in [0.717, 1.165) is 38.9 Å². The summed E-state index contributed by atoms with van der Waals surface area (Å²) in [4.78, 5) is 9.59. The molecule has 0 fully saturated rings. The lowest BCUT2D eigenvalue weighted by molar-refractivity contribution is 0.583. The van der Waals surface area contributed by atoms with Gasteiger partial charge < -0.3 is 11.1 Å². The monoisotopic (exact) mass is 174 g/mol. The maximum absolute atomic E-state index is 9.59. The number of unbranched alkanes of at least 4 members (excludes halogenated alkanes) is 1. The van der Waals surface area contributed by atoms with Crippen molar-refractivity contribution < 1.29 is 0 Å². The van der Waals surface area contributed by atoms with Crippen LogP contribution in [0.2, 0.25) is 0 Å². The fraction of sp³-hybridized carbons (Fsp3) is 1.00. The quantitative estimate of drug-likeness (QED) is 0.261. The first-order chi connectivity index (χ1) is 5.91. The number of nitrogens with one attached hydrogen (secondary N) is 2. The third kappa shape index (κ3) is 9.32. The van der Waals surface area contributed by atoms with Gasteiger partial charge in [0.1, 0.15) is 0 Å². The molecule has 0 rings (SSSR count). The number of nitrogens with zero attached hydrogens (tertiary/aromatic N) is 1. The molecule has 0 heterocycles. The zero-order valence-electron chi connectivity index (χ0n) is 7.38. The van der Waals surface area contributed by atoms with E-state index in [4.69, 9.17) is 5.73 Å². The van der Waals surface area contributed by atoms with Crippen LogP contribution in [0.15, 0.2) is 5.29 Å². The summed E-state index contributed by atoms with van der Waals surface area (Å²) in [5.74, 6) is 0. The van der Waals surface area contributed by atoms with Gasteiger partial charge in [0, 0.05) is 11.8 Å². The highest BCUT2D eigenvalue weighted by atomic mass is 16.3. The second-order valence-electron chi connectivity index (χ2n) is 2.60. The van der Waals surface area contributed by atoms with Crippen molar-refractivity contribution in [2.75, 3.05) is 26.2 Å². The SMILES string of the molecule is NCCCNCCCCNN=O. The molecule has 0 atom stereocenters. The zero-order valence-corrected chi connectivity index (χ0v) is 7.38. The zero-order chi connectivity index (χ0) is 9.07. The highest BCUT2D eigenvalue weighted by Crippen LogP contribution is 1.84.